The molecule has 1 N–H and O–H groups in total. The van der Waals surface area contributed by atoms with Crippen LogP contribution in [0, 0.1) is 6.92 Å². The van der Waals surface area contributed by atoms with Crippen LogP contribution in [0.15, 0.2) is 46.9 Å². The second kappa shape index (κ2) is 5.71. The second-order valence-electron chi connectivity index (χ2n) is 6.18. The third kappa shape index (κ3) is 2.35. The molecule has 4 heteroatoms. The van der Waals surface area contributed by atoms with Gasteiger partial charge in [0.25, 0.3) is 5.91 Å². The minimum Gasteiger partial charge on any atom is -0.497 e. The van der Waals surface area contributed by atoms with Crippen LogP contribution in [0.25, 0.3) is 11.0 Å². The van der Waals surface area contributed by atoms with E-state index in [9.17, 15) is 4.79 Å². The van der Waals surface area contributed by atoms with E-state index in [4.69, 9.17) is 9.15 Å². The molecule has 4 nitrogen and oxygen atoms in total. The molecule has 0 aliphatic heterocycles. The molecule has 2 aromatic carbocycles. The number of fused-ring (bicyclic) bond motifs is 2. The standard InChI is InChI=1S/C20H19NO3/c1-12-16-11-14(23-2)8-10-18(16)24-19(12)20(22)21-17-9-7-13-5-3-4-6-15(13)17/h3-6,8,10-11,17H,7,9H2,1-2H3,(H,21,22). The lowest BCUT2D eigenvalue weighted by atomic mass is 10.1. The first-order chi connectivity index (χ1) is 11.7. The molecule has 0 saturated heterocycles. The van der Waals surface area contributed by atoms with Crippen molar-refractivity contribution in [3.63, 3.8) is 0 Å². The first-order valence-electron chi connectivity index (χ1n) is 8.13. The van der Waals surface area contributed by atoms with Crippen LogP contribution in [0.3, 0.4) is 0 Å². The largest absolute Gasteiger partial charge is 0.497 e. The highest BCUT2D eigenvalue weighted by atomic mass is 16.5. The first-order valence-corrected chi connectivity index (χ1v) is 8.13. The van der Waals surface area contributed by atoms with Gasteiger partial charge in [-0.1, -0.05) is 24.3 Å². The lowest BCUT2D eigenvalue weighted by Gasteiger charge is -2.13. The number of benzene rings is 2. The maximum atomic E-state index is 12.7. The molecule has 0 spiro atoms. The summed E-state index contributed by atoms with van der Waals surface area (Å²) in [4.78, 5) is 12.7. The Morgan fingerprint density at radius 1 is 1.25 bits per heavy atom. The maximum absolute atomic E-state index is 12.7. The SMILES string of the molecule is COc1ccc2oc(C(=O)NC3CCc4ccccc43)c(C)c2c1. The lowest BCUT2D eigenvalue weighted by molar-refractivity contribution is 0.0910. The first kappa shape index (κ1) is 14.8. The van der Waals surface area contributed by atoms with Gasteiger partial charge in [0.2, 0.25) is 0 Å². The van der Waals surface area contributed by atoms with Gasteiger partial charge in [-0.2, -0.15) is 0 Å². The Bertz CT molecular complexity index is 926. The molecule has 0 saturated carbocycles. The zero-order chi connectivity index (χ0) is 16.7. The Morgan fingerprint density at radius 3 is 2.92 bits per heavy atom. The number of methoxy groups -OCH3 is 1. The van der Waals surface area contributed by atoms with Crippen LogP contribution in [0.1, 0.15) is 39.7 Å². The number of carbonyl (C=O) groups excluding carboxylic acids is 1. The molecule has 1 aliphatic carbocycles. The summed E-state index contributed by atoms with van der Waals surface area (Å²) in [5.41, 5.74) is 4.06. The summed E-state index contributed by atoms with van der Waals surface area (Å²) in [6.07, 6.45) is 1.93. The van der Waals surface area contributed by atoms with Crippen LogP contribution >= 0.6 is 0 Å². The number of furan rings is 1. The van der Waals surface area contributed by atoms with Gasteiger partial charge in [-0.15, -0.1) is 0 Å². The van der Waals surface area contributed by atoms with Crippen LogP contribution in [0.2, 0.25) is 0 Å². The number of hydrogen-bond acceptors (Lipinski definition) is 3. The van der Waals surface area contributed by atoms with Crippen molar-refractivity contribution in [3.8, 4) is 5.75 Å². The molecule has 0 bridgehead atoms. The molecule has 1 amide bonds. The van der Waals surface area contributed by atoms with Crippen LogP contribution < -0.4 is 10.1 Å². The smallest absolute Gasteiger partial charge is 0.287 e. The topological polar surface area (TPSA) is 51.5 Å². The summed E-state index contributed by atoms with van der Waals surface area (Å²) in [6.45, 7) is 1.91. The second-order valence-corrected chi connectivity index (χ2v) is 6.18. The fourth-order valence-corrected chi connectivity index (χ4v) is 3.47. The van der Waals surface area contributed by atoms with E-state index in [1.54, 1.807) is 7.11 Å². The van der Waals surface area contributed by atoms with Crippen molar-refractivity contribution in [1.82, 2.24) is 5.32 Å². The van der Waals surface area contributed by atoms with Gasteiger partial charge >= 0.3 is 0 Å². The van der Waals surface area contributed by atoms with E-state index in [1.165, 1.54) is 11.1 Å². The van der Waals surface area contributed by atoms with Crippen molar-refractivity contribution >= 4 is 16.9 Å². The molecule has 1 atom stereocenters. The summed E-state index contributed by atoms with van der Waals surface area (Å²) in [5.74, 6) is 0.968. The molecule has 1 aromatic heterocycles. The van der Waals surface area contributed by atoms with E-state index < -0.39 is 0 Å². The van der Waals surface area contributed by atoms with Crippen LogP contribution in [-0.4, -0.2) is 13.0 Å². The Balaban J connectivity index is 1.63. The Labute approximate surface area is 140 Å². The highest BCUT2D eigenvalue weighted by Crippen LogP contribution is 2.32. The third-order valence-electron chi connectivity index (χ3n) is 4.79. The van der Waals surface area contributed by atoms with Crippen molar-refractivity contribution in [1.29, 1.82) is 0 Å². The molecule has 0 radical (unpaired) electrons. The van der Waals surface area contributed by atoms with Gasteiger partial charge in [0, 0.05) is 10.9 Å². The molecule has 0 fully saturated rings. The maximum Gasteiger partial charge on any atom is 0.287 e. The van der Waals surface area contributed by atoms with E-state index in [0.29, 0.717) is 11.3 Å². The Kier molecular flexibility index (Phi) is 3.53. The molecular formula is C20H19NO3. The number of rotatable bonds is 3. The number of carbonyl (C=O) groups is 1. The number of nitrogens with one attached hydrogen (secondary N) is 1. The summed E-state index contributed by atoms with van der Waals surface area (Å²) in [6, 6.07) is 13.9. The molecule has 1 aliphatic rings. The van der Waals surface area contributed by atoms with Crippen molar-refractivity contribution in [2.75, 3.05) is 7.11 Å². The molecule has 4 rings (SSSR count). The number of aryl methyl sites for hydroxylation is 2. The fourth-order valence-electron chi connectivity index (χ4n) is 3.47. The number of ether oxygens (including phenoxy) is 1. The van der Waals surface area contributed by atoms with Crippen molar-refractivity contribution < 1.29 is 13.9 Å². The normalized spacial score (nSPS) is 16.2. The summed E-state index contributed by atoms with van der Waals surface area (Å²) < 4.78 is 11.0. The minimum absolute atomic E-state index is 0.0517. The van der Waals surface area contributed by atoms with Gasteiger partial charge in [-0.25, -0.2) is 0 Å². The van der Waals surface area contributed by atoms with E-state index >= 15 is 0 Å². The van der Waals surface area contributed by atoms with Crippen molar-refractivity contribution in [2.45, 2.75) is 25.8 Å². The highest BCUT2D eigenvalue weighted by Gasteiger charge is 2.26. The van der Waals surface area contributed by atoms with Gasteiger partial charge in [0.05, 0.1) is 13.2 Å². The van der Waals surface area contributed by atoms with Gasteiger partial charge < -0.3 is 14.5 Å². The summed E-state index contributed by atoms with van der Waals surface area (Å²) in [7, 11) is 1.63. The number of hydrogen-bond donors (Lipinski definition) is 1. The van der Waals surface area contributed by atoms with Gasteiger partial charge in [0.1, 0.15) is 11.3 Å². The molecule has 122 valence electrons. The zero-order valence-electron chi connectivity index (χ0n) is 13.8. The lowest BCUT2D eigenvalue weighted by Crippen LogP contribution is -2.27. The molecule has 1 unspecified atom stereocenters. The monoisotopic (exact) mass is 321 g/mol. The predicted molar refractivity (Wildman–Crippen MR) is 92.5 cm³/mol. The zero-order valence-corrected chi connectivity index (χ0v) is 13.8. The highest BCUT2D eigenvalue weighted by molar-refractivity contribution is 5.99. The van der Waals surface area contributed by atoms with Gasteiger partial charge in [-0.3, -0.25) is 4.79 Å². The fraction of sp³-hybridized carbons (Fsp3) is 0.250. The van der Waals surface area contributed by atoms with E-state index in [1.807, 2.05) is 37.3 Å². The van der Waals surface area contributed by atoms with Crippen LogP contribution in [-0.2, 0) is 6.42 Å². The Hall–Kier alpha value is -2.75. The van der Waals surface area contributed by atoms with E-state index in [-0.39, 0.29) is 11.9 Å². The molecule has 1 heterocycles. The van der Waals surface area contributed by atoms with Crippen molar-refractivity contribution in [3.05, 3.63) is 64.9 Å². The average molecular weight is 321 g/mol. The van der Waals surface area contributed by atoms with E-state index in [0.717, 1.165) is 29.5 Å². The van der Waals surface area contributed by atoms with Crippen molar-refractivity contribution in [2.24, 2.45) is 0 Å². The predicted octanol–water partition coefficient (Wildman–Crippen LogP) is 4.17. The van der Waals surface area contributed by atoms with Crippen LogP contribution in [0.4, 0.5) is 0 Å². The average Bonchev–Trinajstić information content (AvgIpc) is 3.16. The van der Waals surface area contributed by atoms with E-state index in [2.05, 4.69) is 17.4 Å². The summed E-state index contributed by atoms with van der Waals surface area (Å²) >= 11 is 0. The Morgan fingerprint density at radius 2 is 2.08 bits per heavy atom. The molecule has 3 aromatic rings. The summed E-state index contributed by atoms with van der Waals surface area (Å²) in [5, 5.41) is 4.03. The van der Waals surface area contributed by atoms with Gasteiger partial charge in [0.15, 0.2) is 5.76 Å². The molecular weight excluding hydrogens is 302 g/mol. The van der Waals surface area contributed by atoms with Gasteiger partial charge in [-0.05, 0) is 49.1 Å². The quantitative estimate of drug-likeness (QED) is 0.788. The van der Waals surface area contributed by atoms with Crippen LogP contribution in [0.5, 0.6) is 5.75 Å². The number of amides is 1. The third-order valence-corrected chi connectivity index (χ3v) is 4.79. The minimum atomic E-state index is -0.163. The molecule has 24 heavy (non-hydrogen) atoms.